The van der Waals surface area contributed by atoms with Crippen molar-refractivity contribution in [1.82, 2.24) is 5.32 Å². The molecule has 3 nitrogen and oxygen atoms in total. The molecule has 0 aliphatic heterocycles. The minimum Gasteiger partial charge on any atom is -0.496 e. The van der Waals surface area contributed by atoms with E-state index in [1.165, 1.54) is 0 Å². The Bertz CT molecular complexity index is 310. The first-order valence-electron chi connectivity index (χ1n) is 5.16. The van der Waals surface area contributed by atoms with Gasteiger partial charge in [0.05, 0.1) is 13.2 Å². The van der Waals surface area contributed by atoms with Crippen LogP contribution >= 0.6 is 0 Å². The lowest BCUT2D eigenvalue weighted by atomic mass is 10.1. The van der Waals surface area contributed by atoms with Crippen molar-refractivity contribution in [2.24, 2.45) is 0 Å². The summed E-state index contributed by atoms with van der Waals surface area (Å²) in [5.74, 6) is 0.926. The van der Waals surface area contributed by atoms with Crippen molar-refractivity contribution in [2.45, 2.75) is 26.5 Å². The lowest BCUT2D eigenvalue weighted by Gasteiger charge is -2.12. The van der Waals surface area contributed by atoms with Crippen LogP contribution in [0.4, 0.5) is 0 Å². The number of hydrogen-bond acceptors (Lipinski definition) is 3. The van der Waals surface area contributed by atoms with Crippen molar-refractivity contribution in [3.8, 4) is 5.75 Å². The number of aliphatic hydroxyl groups is 1. The average molecular weight is 209 g/mol. The zero-order valence-electron chi connectivity index (χ0n) is 9.58. The maximum absolute atomic E-state index is 9.12. The average Bonchev–Trinajstić information content (AvgIpc) is 2.17. The molecule has 0 aromatic heterocycles. The van der Waals surface area contributed by atoms with Gasteiger partial charge >= 0.3 is 0 Å². The molecule has 0 spiro atoms. The fraction of sp³-hybridized carbons (Fsp3) is 0.500. The van der Waals surface area contributed by atoms with E-state index in [4.69, 9.17) is 9.84 Å². The Morgan fingerprint density at radius 1 is 1.47 bits per heavy atom. The SMILES string of the molecule is COc1c(C)cccc1CNC[C@@H](C)O. The van der Waals surface area contributed by atoms with Crippen LogP contribution in [0.15, 0.2) is 18.2 Å². The predicted octanol–water partition coefficient (Wildman–Crippen LogP) is 1.47. The Morgan fingerprint density at radius 3 is 2.80 bits per heavy atom. The molecule has 3 heteroatoms. The summed E-state index contributed by atoms with van der Waals surface area (Å²) in [4.78, 5) is 0. The molecule has 0 bridgehead atoms. The number of aryl methyl sites for hydroxylation is 1. The van der Waals surface area contributed by atoms with Crippen molar-refractivity contribution in [2.75, 3.05) is 13.7 Å². The molecule has 15 heavy (non-hydrogen) atoms. The summed E-state index contributed by atoms with van der Waals surface area (Å²) < 4.78 is 5.33. The van der Waals surface area contributed by atoms with Gasteiger partial charge in [-0.15, -0.1) is 0 Å². The molecule has 0 aliphatic carbocycles. The molecule has 0 saturated carbocycles. The molecular weight excluding hydrogens is 190 g/mol. The van der Waals surface area contributed by atoms with Gasteiger partial charge in [0, 0.05) is 18.7 Å². The number of rotatable bonds is 5. The van der Waals surface area contributed by atoms with Gasteiger partial charge in [0.1, 0.15) is 5.75 Å². The Kier molecular flexibility index (Phi) is 4.59. The number of methoxy groups -OCH3 is 1. The van der Waals surface area contributed by atoms with E-state index in [1.54, 1.807) is 14.0 Å². The maximum Gasteiger partial charge on any atom is 0.126 e. The second-order valence-electron chi connectivity index (χ2n) is 3.75. The van der Waals surface area contributed by atoms with Gasteiger partial charge in [0.2, 0.25) is 0 Å². The summed E-state index contributed by atoms with van der Waals surface area (Å²) >= 11 is 0. The topological polar surface area (TPSA) is 41.5 Å². The van der Waals surface area contributed by atoms with Crippen LogP contribution < -0.4 is 10.1 Å². The number of ether oxygens (including phenoxy) is 1. The van der Waals surface area contributed by atoms with Crippen molar-refractivity contribution >= 4 is 0 Å². The number of aliphatic hydroxyl groups excluding tert-OH is 1. The van der Waals surface area contributed by atoms with Gasteiger partial charge in [0.15, 0.2) is 0 Å². The molecule has 0 saturated heterocycles. The Balaban J connectivity index is 2.64. The van der Waals surface area contributed by atoms with E-state index in [2.05, 4.69) is 5.32 Å². The number of benzene rings is 1. The van der Waals surface area contributed by atoms with Crippen LogP contribution in [-0.2, 0) is 6.54 Å². The Hall–Kier alpha value is -1.06. The molecule has 0 fully saturated rings. The molecule has 0 unspecified atom stereocenters. The highest BCUT2D eigenvalue weighted by molar-refractivity contribution is 5.40. The summed E-state index contributed by atoms with van der Waals surface area (Å²) in [6, 6.07) is 6.06. The number of nitrogens with one attached hydrogen (secondary N) is 1. The monoisotopic (exact) mass is 209 g/mol. The minimum atomic E-state index is -0.319. The van der Waals surface area contributed by atoms with Crippen LogP contribution in [0.5, 0.6) is 5.75 Å². The van der Waals surface area contributed by atoms with Crippen LogP contribution in [0, 0.1) is 6.92 Å². The van der Waals surface area contributed by atoms with Crippen LogP contribution in [0.2, 0.25) is 0 Å². The number of para-hydroxylation sites is 1. The summed E-state index contributed by atoms with van der Waals surface area (Å²) in [6.45, 7) is 5.10. The third-order valence-electron chi connectivity index (χ3n) is 2.25. The summed E-state index contributed by atoms with van der Waals surface area (Å²) in [7, 11) is 1.68. The maximum atomic E-state index is 9.12. The molecule has 0 aliphatic rings. The molecule has 1 aromatic rings. The molecule has 0 radical (unpaired) electrons. The van der Waals surface area contributed by atoms with E-state index >= 15 is 0 Å². The molecule has 2 N–H and O–H groups in total. The Labute approximate surface area is 91.1 Å². The summed E-state index contributed by atoms with van der Waals surface area (Å²) in [5, 5.41) is 12.3. The molecule has 0 amide bonds. The zero-order chi connectivity index (χ0) is 11.3. The third-order valence-corrected chi connectivity index (χ3v) is 2.25. The first-order chi connectivity index (χ1) is 7.15. The first-order valence-corrected chi connectivity index (χ1v) is 5.16. The van der Waals surface area contributed by atoms with Crippen molar-refractivity contribution in [1.29, 1.82) is 0 Å². The molecular formula is C12H19NO2. The van der Waals surface area contributed by atoms with Gasteiger partial charge < -0.3 is 15.2 Å². The summed E-state index contributed by atoms with van der Waals surface area (Å²) in [6.07, 6.45) is -0.319. The van der Waals surface area contributed by atoms with Gasteiger partial charge in [-0.1, -0.05) is 18.2 Å². The fourth-order valence-electron chi connectivity index (χ4n) is 1.56. The normalized spacial score (nSPS) is 12.5. The van der Waals surface area contributed by atoms with E-state index in [0.29, 0.717) is 6.54 Å². The van der Waals surface area contributed by atoms with Gasteiger partial charge in [-0.3, -0.25) is 0 Å². The highest BCUT2D eigenvalue weighted by Gasteiger charge is 2.05. The zero-order valence-corrected chi connectivity index (χ0v) is 9.58. The lowest BCUT2D eigenvalue weighted by Crippen LogP contribution is -2.24. The highest BCUT2D eigenvalue weighted by atomic mass is 16.5. The fourth-order valence-corrected chi connectivity index (χ4v) is 1.56. The highest BCUT2D eigenvalue weighted by Crippen LogP contribution is 2.22. The van der Waals surface area contributed by atoms with E-state index < -0.39 is 0 Å². The number of hydrogen-bond donors (Lipinski definition) is 2. The Morgan fingerprint density at radius 2 is 2.20 bits per heavy atom. The predicted molar refractivity (Wildman–Crippen MR) is 61.1 cm³/mol. The van der Waals surface area contributed by atoms with E-state index in [1.807, 2.05) is 25.1 Å². The molecule has 0 heterocycles. The standard InChI is InChI=1S/C12H19NO2/c1-9-5-4-6-11(12(9)15-3)8-13-7-10(2)14/h4-6,10,13-14H,7-8H2,1-3H3/t10-/m1/s1. The van der Waals surface area contributed by atoms with Gasteiger partial charge in [-0.25, -0.2) is 0 Å². The quantitative estimate of drug-likeness (QED) is 0.771. The molecule has 84 valence electrons. The van der Waals surface area contributed by atoms with Gasteiger partial charge in [0.25, 0.3) is 0 Å². The van der Waals surface area contributed by atoms with Crippen LogP contribution in [0.1, 0.15) is 18.1 Å². The van der Waals surface area contributed by atoms with E-state index in [-0.39, 0.29) is 6.10 Å². The molecule has 1 rings (SSSR count). The molecule has 1 atom stereocenters. The van der Waals surface area contributed by atoms with Crippen LogP contribution in [0.3, 0.4) is 0 Å². The van der Waals surface area contributed by atoms with E-state index in [0.717, 1.165) is 23.4 Å². The third kappa shape index (κ3) is 3.53. The lowest BCUT2D eigenvalue weighted by molar-refractivity contribution is 0.191. The molecule has 1 aromatic carbocycles. The second kappa shape index (κ2) is 5.73. The second-order valence-corrected chi connectivity index (χ2v) is 3.75. The summed E-state index contributed by atoms with van der Waals surface area (Å²) in [5.41, 5.74) is 2.26. The minimum absolute atomic E-state index is 0.319. The van der Waals surface area contributed by atoms with Gasteiger partial charge in [-0.05, 0) is 19.4 Å². The van der Waals surface area contributed by atoms with Crippen molar-refractivity contribution in [3.63, 3.8) is 0 Å². The van der Waals surface area contributed by atoms with Crippen LogP contribution in [0.25, 0.3) is 0 Å². The van der Waals surface area contributed by atoms with Crippen molar-refractivity contribution in [3.05, 3.63) is 29.3 Å². The smallest absolute Gasteiger partial charge is 0.126 e. The first kappa shape index (κ1) is 12.0. The van der Waals surface area contributed by atoms with E-state index in [9.17, 15) is 0 Å². The van der Waals surface area contributed by atoms with Crippen molar-refractivity contribution < 1.29 is 9.84 Å². The largest absolute Gasteiger partial charge is 0.496 e. The van der Waals surface area contributed by atoms with Crippen LogP contribution in [-0.4, -0.2) is 24.9 Å². The van der Waals surface area contributed by atoms with Gasteiger partial charge in [-0.2, -0.15) is 0 Å².